The number of thiophene rings is 3. The van der Waals surface area contributed by atoms with Crippen molar-refractivity contribution < 1.29 is 0 Å². The predicted molar refractivity (Wildman–Crippen MR) is 84.5 cm³/mol. The topological polar surface area (TPSA) is 0 Å². The molecule has 0 aliphatic carbocycles. The third kappa shape index (κ3) is 2.08. The molecule has 0 bridgehead atoms. The van der Waals surface area contributed by atoms with Gasteiger partial charge in [-0.15, -0.1) is 0 Å². The molecule has 0 amide bonds. The van der Waals surface area contributed by atoms with Gasteiger partial charge < -0.3 is 0 Å². The van der Waals surface area contributed by atoms with Gasteiger partial charge >= 0.3 is 121 Å². The molecule has 3 rings (SSSR count). The van der Waals surface area contributed by atoms with Gasteiger partial charge in [0.15, 0.2) is 0 Å². The van der Waals surface area contributed by atoms with Crippen LogP contribution in [0.2, 0.25) is 0 Å². The summed E-state index contributed by atoms with van der Waals surface area (Å²) in [5.74, 6) is 0. The van der Waals surface area contributed by atoms with Gasteiger partial charge in [-0.2, -0.15) is 0 Å². The van der Waals surface area contributed by atoms with Gasteiger partial charge in [-0.05, 0) is 0 Å². The molecule has 3 aromatic heterocycles. The molecule has 0 aliphatic heterocycles. The van der Waals surface area contributed by atoms with Crippen molar-refractivity contribution in [1.82, 2.24) is 0 Å². The minimum atomic E-state index is -1.45. The Morgan fingerprint density at radius 1 is 0.706 bits per heavy atom. The van der Waals surface area contributed by atoms with E-state index in [0.717, 1.165) is 0 Å². The second-order valence-electron chi connectivity index (χ2n) is 3.46. The average molecular weight is 359 g/mol. The van der Waals surface area contributed by atoms with Crippen molar-refractivity contribution in [2.45, 2.75) is 0 Å². The van der Waals surface area contributed by atoms with Gasteiger partial charge in [0.2, 0.25) is 0 Å². The summed E-state index contributed by atoms with van der Waals surface area (Å²) in [5, 5.41) is 6.51. The van der Waals surface area contributed by atoms with Crippen molar-refractivity contribution in [3.8, 4) is 0 Å². The fourth-order valence-electron chi connectivity index (χ4n) is 1.67. The zero-order chi connectivity index (χ0) is 11.7. The van der Waals surface area contributed by atoms with Gasteiger partial charge in [0, 0.05) is 0 Å². The molecule has 0 atom stereocenters. The van der Waals surface area contributed by atoms with Crippen LogP contribution >= 0.6 is 39.5 Å². The van der Waals surface area contributed by atoms with Crippen molar-refractivity contribution in [2.75, 3.05) is 0 Å². The van der Waals surface area contributed by atoms with Gasteiger partial charge in [0.1, 0.15) is 0 Å². The Balaban J connectivity index is 2.26. The molecule has 0 spiro atoms. The molecule has 17 heavy (non-hydrogen) atoms. The second-order valence-corrected chi connectivity index (χ2v) is 13.3. The van der Waals surface area contributed by atoms with Crippen LogP contribution in [0.25, 0.3) is 0 Å². The van der Waals surface area contributed by atoms with Crippen LogP contribution in [-0.2, 0) is 0 Å². The first-order valence-corrected chi connectivity index (χ1v) is 11.7. The molecule has 0 unspecified atom stereocenters. The maximum atomic E-state index is 3.54. The molecule has 0 aliphatic rings. The number of hydrogen-bond acceptors (Lipinski definition) is 3. The van der Waals surface area contributed by atoms with Gasteiger partial charge in [0.25, 0.3) is 0 Å². The average Bonchev–Trinajstić information content (AvgIpc) is 3.10. The molecule has 0 nitrogen and oxygen atoms in total. The van der Waals surface area contributed by atoms with E-state index in [4.69, 9.17) is 0 Å². The summed E-state index contributed by atoms with van der Waals surface area (Å²) >= 11 is 9.11. The van der Waals surface area contributed by atoms with E-state index >= 15 is 0 Å². The van der Waals surface area contributed by atoms with Gasteiger partial charge in [-0.3, -0.25) is 0 Å². The summed E-state index contributed by atoms with van der Waals surface area (Å²) in [6, 6.07) is 13.2. The third-order valence-corrected chi connectivity index (χ3v) is 16.2. The molecule has 86 valence electrons. The number of hydrogen-bond donors (Lipinski definition) is 0. The van der Waals surface area contributed by atoms with Crippen LogP contribution in [0.4, 0.5) is 0 Å². The van der Waals surface area contributed by atoms with Crippen LogP contribution in [0.1, 0.15) is 0 Å². The third-order valence-electron chi connectivity index (χ3n) is 2.45. The zero-order valence-corrected chi connectivity index (χ0v) is 13.8. The van der Waals surface area contributed by atoms with Gasteiger partial charge in [0.05, 0.1) is 0 Å². The molecule has 0 saturated heterocycles. The van der Waals surface area contributed by atoms with Crippen LogP contribution in [0.15, 0.2) is 52.5 Å². The van der Waals surface area contributed by atoms with E-state index in [2.05, 4.69) is 67.6 Å². The van der Waals surface area contributed by atoms with E-state index in [1.807, 2.05) is 34.0 Å². The van der Waals surface area contributed by atoms with Gasteiger partial charge in [-0.1, -0.05) is 0 Å². The summed E-state index contributed by atoms with van der Waals surface area (Å²) in [6.45, 7) is 0. The van der Waals surface area contributed by atoms with Crippen molar-refractivity contribution in [1.29, 1.82) is 0 Å². The Hall–Kier alpha value is 0.0495. The summed E-state index contributed by atoms with van der Waals surface area (Å²) < 4.78 is 4.42. The fraction of sp³-hybridized carbons (Fsp3) is 0. The van der Waals surface area contributed by atoms with Crippen molar-refractivity contribution >= 4 is 68.5 Å². The quantitative estimate of drug-likeness (QED) is 0.498. The predicted octanol–water partition coefficient (Wildman–Crippen LogP) is 3.25. The summed E-state index contributed by atoms with van der Waals surface area (Å²) in [4.78, 5) is 0. The van der Waals surface area contributed by atoms with E-state index in [9.17, 15) is 0 Å². The summed E-state index contributed by atoms with van der Waals surface area (Å²) in [5.41, 5.74) is -1.45. The first-order chi connectivity index (χ1) is 8.32. The Kier molecular flexibility index (Phi) is 3.54. The molecular weight excluding hydrogens is 350 g/mol. The van der Waals surface area contributed by atoms with E-state index in [1.54, 1.807) is 0 Å². The van der Waals surface area contributed by atoms with Crippen molar-refractivity contribution in [3.05, 3.63) is 52.5 Å². The minimum absolute atomic E-state index is 1.45. The van der Waals surface area contributed by atoms with Crippen LogP contribution < -0.4 is 13.9 Å². The SMILES string of the molecule is [Se]=P(c1cccs1)(c1cccs1)c1cccs1. The normalized spacial score (nSPS) is 11.8. The maximum absolute atomic E-state index is 3.54. The Morgan fingerprint density at radius 3 is 1.29 bits per heavy atom. The Labute approximate surface area is 120 Å². The first-order valence-electron chi connectivity index (χ1n) is 5.04. The molecule has 0 aromatic carbocycles. The Bertz CT molecular complexity index is 532. The molecule has 0 saturated carbocycles. The molecule has 0 N–H and O–H groups in total. The molecule has 0 radical (unpaired) electrons. The Morgan fingerprint density at radius 2 is 1.06 bits per heavy atom. The van der Waals surface area contributed by atoms with Crippen LogP contribution in [0, 0.1) is 0 Å². The molecular formula is C12H9PS3Se. The monoisotopic (exact) mass is 360 g/mol. The number of rotatable bonds is 3. The van der Waals surface area contributed by atoms with Crippen LogP contribution in [0.3, 0.4) is 0 Å². The van der Waals surface area contributed by atoms with Crippen molar-refractivity contribution in [2.24, 2.45) is 0 Å². The van der Waals surface area contributed by atoms with E-state index in [0.29, 0.717) is 0 Å². The van der Waals surface area contributed by atoms with Crippen LogP contribution in [0.5, 0.6) is 0 Å². The standard InChI is InChI=1S/C12H9PS3Se/c17-13(10-4-1-7-14-10,11-5-2-8-15-11)12-6-3-9-16-12/h1-9H. The molecule has 3 aromatic rings. The van der Waals surface area contributed by atoms with Gasteiger partial charge in [-0.25, -0.2) is 0 Å². The summed E-state index contributed by atoms with van der Waals surface area (Å²) in [6.07, 6.45) is 0. The summed E-state index contributed by atoms with van der Waals surface area (Å²) in [7, 11) is 0. The second kappa shape index (κ2) is 4.97. The van der Waals surface area contributed by atoms with E-state index in [1.165, 1.54) is 13.9 Å². The van der Waals surface area contributed by atoms with Crippen molar-refractivity contribution in [3.63, 3.8) is 0 Å². The zero-order valence-electron chi connectivity index (χ0n) is 8.78. The van der Waals surface area contributed by atoms with E-state index in [-0.39, 0.29) is 0 Å². The molecule has 0 fully saturated rings. The fourth-order valence-corrected chi connectivity index (χ4v) is 12.8. The molecule has 5 heteroatoms. The first kappa shape index (κ1) is 12.1. The van der Waals surface area contributed by atoms with E-state index < -0.39 is 5.51 Å². The molecule has 3 heterocycles. The van der Waals surface area contributed by atoms with Crippen LogP contribution in [-0.4, -0.2) is 15.1 Å².